The Labute approximate surface area is 88.7 Å². The van der Waals surface area contributed by atoms with Gasteiger partial charge in [-0.15, -0.1) is 0 Å². The molecule has 0 aliphatic rings. The fraction of sp³-hybridized carbons (Fsp3) is 0.417. The smallest absolute Gasteiger partial charge is 0.306 e. The standard InChI is InChI=1S/C12H15FO2/c1-8(12(14)15)6-7-10-4-3-5-11(13)9(10)2/h3-5,8H,6-7H2,1-2H3,(H,14,15). The highest BCUT2D eigenvalue weighted by molar-refractivity contribution is 5.69. The zero-order chi connectivity index (χ0) is 11.4. The van der Waals surface area contributed by atoms with Gasteiger partial charge in [-0.25, -0.2) is 4.39 Å². The van der Waals surface area contributed by atoms with Gasteiger partial charge in [-0.05, 0) is 37.0 Å². The van der Waals surface area contributed by atoms with Crippen molar-refractivity contribution in [1.82, 2.24) is 0 Å². The lowest BCUT2D eigenvalue weighted by Crippen LogP contribution is -2.10. The highest BCUT2D eigenvalue weighted by Crippen LogP contribution is 2.16. The molecule has 2 nitrogen and oxygen atoms in total. The molecule has 1 aromatic rings. The number of hydrogen-bond donors (Lipinski definition) is 1. The highest BCUT2D eigenvalue weighted by Gasteiger charge is 2.11. The largest absolute Gasteiger partial charge is 0.481 e. The van der Waals surface area contributed by atoms with Gasteiger partial charge < -0.3 is 5.11 Å². The van der Waals surface area contributed by atoms with E-state index in [1.54, 1.807) is 19.9 Å². The molecule has 1 rings (SSSR count). The Bertz CT molecular complexity index is 361. The molecule has 3 heteroatoms. The normalized spacial score (nSPS) is 12.5. The number of carboxylic acid groups (broad SMARTS) is 1. The van der Waals surface area contributed by atoms with Crippen molar-refractivity contribution in [1.29, 1.82) is 0 Å². The third-order valence-corrected chi connectivity index (χ3v) is 2.65. The molecule has 1 aromatic carbocycles. The van der Waals surface area contributed by atoms with Crippen molar-refractivity contribution >= 4 is 5.97 Å². The minimum absolute atomic E-state index is 0.226. The first-order chi connectivity index (χ1) is 7.02. The minimum atomic E-state index is -0.802. The summed E-state index contributed by atoms with van der Waals surface area (Å²) in [5.74, 6) is -1.41. The van der Waals surface area contributed by atoms with Crippen LogP contribution in [0.15, 0.2) is 18.2 Å². The van der Waals surface area contributed by atoms with E-state index in [2.05, 4.69) is 0 Å². The van der Waals surface area contributed by atoms with Crippen LogP contribution in [0.1, 0.15) is 24.5 Å². The second kappa shape index (κ2) is 4.91. The fourth-order valence-electron chi connectivity index (χ4n) is 1.42. The molecular weight excluding hydrogens is 195 g/mol. The predicted octanol–water partition coefficient (Wildman–Crippen LogP) is 2.79. The van der Waals surface area contributed by atoms with E-state index in [1.165, 1.54) is 6.07 Å². The van der Waals surface area contributed by atoms with Gasteiger partial charge in [0.25, 0.3) is 0 Å². The Hall–Kier alpha value is -1.38. The van der Waals surface area contributed by atoms with E-state index in [0.717, 1.165) is 5.56 Å². The topological polar surface area (TPSA) is 37.3 Å². The van der Waals surface area contributed by atoms with E-state index >= 15 is 0 Å². The van der Waals surface area contributed by atoms with E-state index in [4.69, 9.17) is 5.11 Å². The van der Waals surface area contributed by atoms with Gasteiger partial charge in [-0.1, -0.05) is 19.1 Å². The number of carboxylic acids is 1. The second-order valence-electron chi connectivity index (χ2n) is 3.80. The maximum absolute atomic E-state index is 13.1. The van der Waals surface area contributed by atoms with Crippen LogP contribution in [-0.2, 0) is 11.2 Å². The number of benzene rings is 1. The first-order valence-corrected chi connectivity index (χ1v) is 4.99. The number of hydrogen-bond acceptors (Lipinski definition) is 1. The average molecular weight is 210 g/mol. The number of carbonyl (C=O) groups is 1. The Morgan fingerprint density at radius 2 is 2.20 bits per heavy atom. The van der Waals surface area contributed by atoms with Crippen LogP contribution in [0, 0.1) is 18.7 Å². The van der Waals surface area contributed by atoms with Gasteiger partial charge in [0.15, 0.2) is 0 Å². The molecule has 0 heterocycles. The molecule has 0 spiro atoms. The van der Waals surface area contributed by atoms with Crippen molar-refractivity contribution in [2.24, 2.45) is 5.92 Å². The molecule has 0 amide bonds. The predicted molar refractivity (Wildman–Crippen MR) is 56.3 cm³/mol. The molecule has 1 unspecified atom stereocenters. The number of aliphatic carboxylic acids is 1. The van der Waals surface area contributed by atoms with Crippen LogP contribution in [0.4, 0.5) is 4.39 Å². The number of rotatable bonds is 4. The molecule has 0 aliphatic heterocycles. The van der Waals surface area contributed by atoms with Gasteiger partial charge in [0.1, 0.15) is 5.82 Å². The van der Waals surface area contributed by atoms with Crippen molar-refractivity contribution in [3.05, 3.63) is 35.1 Å². The molecule has 0 aromatic heterocycles. The van der Waals surface area contributed by atoms with Crippen LogP contribution >= 0.6 is 0 Å². The Morgan fingerprint density at radius 1 is 1.53 bits per heavy atom. The highest BCUT2D eigenvalue weighted by atomic mass is 19.1. The first kappa shape index (κ1) is 11.7. The van der Waals surface area contributed by atoms with Crippen LogP contribution in [0.25, 0.3) is 0 Å². The summed E-state index contributed by atoms with van der Waals surface area (Å²) in [5.41, 5.74) is 1.51. The van der Waals surface area contributed by atoms with Gasteiger partial charge in [-0.3, -0.25) is 4.79 Å². The quantitative estimate of drug-likeness (QED) is 0.829. The third kappa shape index (κ3) is 3.05. The van der Waals surface area contributed by atoms with Gasteiger partial charge in [0.05, 0.1) is 5.92 Å². The van der Waals surface area contributed by atoms with Crippen LogP contribution in [-0.4, -0.2) is 11.1 Å². The Balaban J connectivity index is 2.66. The van der Waals surface area contributed by atoms with Crippen LogP contribution < -0.4 is 0 Å². The van der Waals surface area contributed by atoms with Crippen molar-refractivity contribution in [2.75, 3.05) is 0 Å². The molecule has 1 N–H and O–H groups in total. The van der Waals surface area contributed by atoms with Crippen molar-refractivity contribution < 1.29 is 14.3 Å². The summed E-state index contributed by atoms with van der Waals surface area (Å²) in [7, 11) is 0. The van der Waals surface area contributed by atoms with Crippen LogP contribution in [0.3, 0.4) is 0 Å². The van der Waals surface area contributed by atoms with Gasteiger partial charge >= 0.3 is 5.97 Å². The van der Waals surface area contributed by atoms with Crippen molar-refractivity contribution in [2.45, 2.75) is 26.7 Å². The van der Waals surface area contributed by atoms with Crippen LogP contribution in [0.5, 0.6) is 0 Å². The number of halogens is 1. The summed E-state index contributed by atoms with van der Waals surface area (Å²) in [5, 5.41) is 8.71. The summed E-state index contributed by atoms with van der Waals surface area (Å²) in [6, 6.07) is 4.91. The first-order valence-electron chi connectivity index (χ1n) is 4.99. The Morgan fingerprint density at radius 3 is 2.80 bits per heavy atom. The average Bonchev–Trinajstić information content (AvgIpc) is 2.19. The molecule has 0 fully saturated rings. The maximum Gasteiger partial charge on any atom is 0.306 e. The maximum atomic E-state index is 13.1. The van der Waals surface area contributed by atoms with Crippen molar-refractivity contribution in [3.8, 4) is 0 Å². The zero-order valence-corrected chi connectivity index (χ0v) is 8.96. The summed E-state index contributed by atoms with van der Waals surface area (Å²) in [6.07, 6.45) is 1.15. The van der Waals surface area contributed by atoms with E-state index < -0.39 is 5.97 Å². The summed E-state index contributed by atoms with van der Waals surface area (Å²) >= 11 is 0. The zero-order valence-electron chi connectivity index (χ0n) is 8.96. The Kier molecular flexibility index (Phi) is 3.83. The van der Waals surface area contributed by atoms with Crippen LogP contribution in [0.2, 0.25) is 0 Å². The van der Waals surface area contributed by atoms with E-state index in [0.29, 0.717) is 18.4 Å². The molecule has 0 saturated carbocycles. The monoisotopic (exact) mass is 210 g/mol. The summed E-state index contributed by atoms with van der Waals surface area (Å²) in [4.78, 5) is 10.6. The molecule has 15 heavy (non-hydrogen) atoms. The molecule has 0 saturated heterocycles. The second-order valence-corrected chi connectivity index (χ2v) is 3.80. The number of aryl methyl sites for hydroxylation is 1. The molecular formula is C12H15FO2. The van der Waals surface area contributed by atoms with Gasteiger partial charge in [0, 0.05) is 0 Å². The lowest BCUT2D eigenvalue weighted by Gasteiger charge is -2.08. The SMILES string of the molecule is Cc1c(F)cccc1CCC(C)C(=O)O. The lowest BCUT2D eigenvalue weighted by molar-refractivity contribution is -0.141. The van der Waals surface area contributed by atoms with Gasteiger partial charge in [0.2, 0.25) is 0 Å². The summed E-state index contributed by atoms with van der Waals surface area (Å²) in [6.45, 7) is 3.38. The van der Waals surface area contributed by atoms with Crippen molar-refractivity contribution in [3.63, 3.8) is 0 Å². The molecule has 0 bridgehead atoms. The van der Waals surface area contributed by atoms with E-state index in [9.17, 15) is 9.18 Å². The molecule has 1 atom stereocenters. The summed E-state index contributed by atoms with van der Waals surface area (Å²) < 4.78 is 13.1. The molecule has 0 radical (unpaired) electrons. The fourth-order valence-corrected chi connectivity index (χ4v) is 1.42. The van der Waals surface area contributed by atoms with Gasteiger partial charge in [-0.2, -0.15) is 0 Å². The molecule has 0 aliphatic carbocycles. The van der Waals surface area contributed by atoms with E-state index in [-0.39, 0.29) is 11.7 Å². The molecule has 82 valence electrons. The third-order valence-electron chi connectivity index (χ3n) is 2.65. The minimum Gasteiger partial charge on any atom is -0.481 e. The lowest BCUT2D eigenvalue weighted by atomic mass is 9.98. The van der Waals surface area contributed by atoms with E-state index in [1.807, 2.05) is 6.07 Å².